The summed E-state index contributed by atoms with van der Waals surface area (Å²) in [4.78, 5) is 23.5. The topological polar surface area (TPSA) is 76.7 Å². The average Bonchev–Trinajstić information content (AvgIpc) is 2.57. The zero-order chi connectivity index (χ0) is 18.0. The molecule has 0 aromatic heterocycles. The van der Waals surface area contributed by atoms with E-state index in [9.17, 15) is 9.59 Å². The molecule has 0 aliphatic carbocycles. The number of rotatable bonds is 9. The van der Waals surface area contributed by atoms with Crippen LogP contribution in [0, 0.1) is 5.41 Å². The molecular formula is C18H26N2O4. The summed E-state index contributed by atoms with van der Waals surface area (Å²) in [6, 6.07) is 6.63. The van der Waals surface area contributed by atoms with E-state index in [2.05, 4.69) is 17.2 Å². The predicted octanol–water partition coefficient (Wildman–Crippen LogP) is 3.35. The monoisotopic (exact) mass is 334 g/mol. The molecule has 0 bridgehead atoms. The molecule has 0 spiro atoms. The Kier molecular flexibility index (Phi) is 7.82. The lowest BCUT2D eigenvalue weighted by Crippen LogP contribution is -2.34. The minimum atomic E-state index is -0.502. The SMILES string of the molecule is C=CCOc1ccc(NC(=O)NCCOC(=O)C(C)(C)CC)cc1. The number of carbonyl (C=O) groups excluding carboxylic acids is 2. The van der Waals surface area contributed by atoms with Crippen molar-refractivity contribution in [2.45, 2.75) is 27.2 Å². The number of amides is 2. The van der Waals surface area contributed by atoms with Crippen molar-refractivity contribution in [3.8, 4) is 5.75 Å². The van der Waals surface area contributed by atoms with Crippen LogP contribution in [-0.4, -0.2) is 31.8 Å². The summed E-state index contributed by atoms with van der Waals surface area (Å²) in [6.07, 6.45) is 2.36. The number of hydrogen-bond acceptors (Lipinski definition) is 4. The van der Waals surface area contributed by atoms with Gasteiger partial charge in [-0.15, -0.1) is 0 Å². The van der Waals surface area contributed by atoms with Gasteiger partial charge in [-0.1, -0.05) is 19.6 Å². The first-order valence-corrected chi connectivity index (χ1v) is 7.95. The van der Waals surface area contributed by atoms with Gasteiger partial charge in [0.15, 0.2) is 0 Å². The third-order valence-corrected chi connectivity index (χ3v) is 3.54. The van der Waals surface area contributed by atoms with Crippen LogP contribution >= 0.6 is 0 Å². The highest BCUT2D eigenvalue weighted by atomic mass is 16.5. The van der Waals surface area contributed by atoms with Crippen LogP contribution in [0.4, 0.5) is 10.5 Å². The van der Waals surface area contributed by atoms with Crippen molar-refractivity contribution in [2.75, 3.05) is 25.1 Å². The van der Waals surface area contributed by atoms with E-state index in [1.807, 2.05) is 20.8 Å². The minimum Gasteiger partial charge on any atom is -0.490 e. The van der Waals surface area contributed by atoms with Gasteiger partial charge in [0.2, 0.25) is 0 Å². The first-order valence-electron chi connectivity index (χ1n) is 7.95. The van der Waals surface area contributed by atoms with E-state index in [1.54, 1.807) is 30.3 Å². The molecule has 0 radical (unpaired) electrons. The van der Waals surface area contributed by atoms with Crippen molar-refractivity contribution < 1.29 is 19.1 Å². The average molecular weight is 334 g/mol. The Morgan fingerprint density at radius 2 is 1.92 bits per heavy atom. The Morgan fingerprint density at radius 1 is 1.25 bits per heavy atom. The van der Waals surface area contributed by atoms with Gasteiger partial charge < -0.3 is 20.1 Å². The molecule has 2 amide bonds. The van der Waals surface area contributed by atoms with Gasteiger partial charge in [0.25, 0.3) is 0 Å². The molecule has 0 saturated heterocycles. The number of benzene rings is 1. The van der Waals surface area contributed by atoms with Gasteiger partial charge in [-0.25, -0.2) is 4.79 Å². The summed E-state index contributed by atoms with van der Waals surface area (Å²) < 4.78 is 10.5. The number of urea groups is 1. The maximum absolute atomic E-state index is 11.8. The zero-order valence-electron chi connectivity index (χ0n) is 14.6. The molecule has 132 valence electrons. The number of hydrogen-bond donors (Lipinski definition) is 2. The fourth-order valence-corrected chi connectivity index (χ4v) is 1.61. The van der Waals surface area contributed by atoms with Gasteiger partial charge in [-0.3, -0.25) is 4.79 Å². The molecule has 6 heteroatoms. The fourth-order valence-electron chi connectivity index (χ4n) is 1.61. The van der Waals surface area contributed by atoms with E-state index >= 15 is 0 Å². The Morgan fingerprint density at radius 3 is 2.50 bits per heavy atom. The van der Waals surface area contributed by atoms with Crippen molar-refractivity contribution in [1.29, 1.82) is 0 Å². The molecule has 1 aromatic rings. The van der Waals surface area contributed by atoms with Gasteiger partial charge in [0.05, 0.1) is 12.0 Å². The second kappa shape index (κ2) is 9.60. The quantitative estimate of drug-likeness (QED) is 0.412. The van der Waals surface area contributed by atoms with Gasteiger partial charge >= 0.3 is 12.0 Å². The maximum atomic E-state index is 11.8. The summed E-state index contributed by atoms with van der Waals surface area (Å²) in [5, 5.41) is 5.32. The van der Waals surface area contributed by atoms with E-state index in [4.69, 9.17) is 9.47 Å². The second-order valence-electron chi connectivity index (χ2n) is 5.88. The largest absolute Gasteiger partial charge is 0.490 e. The molecule has 0 saturated carbocycles. The van der Waals surface area contributed by atoms with E-state index in [0.29, 0.717) is 24.5 Å². The summed E-state index contributed by atoms with van der Waals surface area (Å²) >= 11 is 0. The predicted molar refractivity (Wildman–Crippen MR) is 94.2 cm³/mol. The van der Waals surface area contributed by atoms with Gasteiger partial charge in [-0.05, 0) is 44.5 Å². The van der Waals surface area contributed by atoms with Crippen LogP contribution in [0.1, 0.15) is 27.2 Å². The molecule has 1 rings (SSSR count). The molecule has 0 unspecified atom stereocenters. The van der Waals surface area contributed by atoms with Crippen LogP contribution in [0.25, 0.3) is 0 Å². The Balaban J connectivity index is 2.29. The number of esters is 1. The van der Waals surface area contributed by atoms with Gasteiger partial charge in [0, 0.05) is 5.69 Å². The van der Waals surface area contributed by atoms with Gasteiger partial charge in [-0.2, -0.15) is 0 Å². The van der Waals surface area contributed by atoms with Crippen LogP contribution in [0.2, 0.25) is 0 Å². The highest BCUT2D eigenvalue weighted by Gasteiger charge is 2.26. The van der Waals surface area contributed by atoms with Crippen LogP contribution < -0.4 is 15.4 Å². The summed E-state index contributed by atoms with van der Waals surface area (Å²) in [5.74, 6) is 0.439. The van der Waals surface area contributed by atoms with Crippen molar-refractivity contribution in [1.82, 2.24) is 5.32 Å². The lowest BCUT2D eigenvalue weighted by atomic mass is 9.91. The molecule has 0 aliphatic rings. The highest BCUT2D eigenvalue weighted by Crippen LogP contribution is 2.21. The van der Waals surface area contributed by atoms with Crippen molar-refractivity contribution in [3.63, 3.8) is 0 Å². The molecule has 24 heavy (non-hydrogen) atoms. The van der Waals surface area contributed by atoms with E-state index < -0.39 is 5.41 Å². The van der Waals surface area contributed by atoms with Crippen molar-refractivity contribution in [3.05, 3.63) is 36.9 Å². The number of nitrogens with one attached hydrogen (secondary N) is 2. The molecule has 2 N–H and O–H groups in total. The molecular weight excluding hydrogens is 308 g/mol. The Bertz CT molecular complexity index is 553. The summed E-state index contributed by atoms with van der Waals surface area (Å²) in [5.41, 5.74) is 0.139. The third kappa shape index (κ3) is 6.73. The first kappa shape index (κ1) is 19.5. The standard InChI is InChI=1S/C18H26N2O4/c1-5-12-23-15-9-7-14(8-10-15)20-17(22)19-11-13-24-16(21)18(3,4)6-2/h5,7-10H,1,6,11-13H2,2-4H3,(H2,19,20,22). The van der Waals surface area contributed by atoms with Crippen molar-refractivity contribution >= 4 is 17.7 Å². The van der Waals surface area contributed by atoms with Crippen LogP contribution in [0.15, 0.2) is 36.9 Å². The van der Waals surface area contributed by atoms with Crippen LogP contribution in [0.5, 0.6) is 5.75 Å². The summed E-state index contributed by atoms with van der Waals surface area (Å²) in [6.45, 7) is 9.99. The Hall–Kier alpha value is -2.50. The normalized spacial score (nSPS) is 10.6. The van der Waals surface area contributed by atoms with Crippen LogP contribution in [0.3, 0.4) is 0 Å². The molecule has 0 fully saturated rings. The lowest BCUT2D eigenvalue weighted by Gasteiger charge is -2.20. The smallest absolute Gasteiger partial charge is 0.319 e. The van der Waals surface area contributed by atoms with Crippen molar-refractivity contribution in [2.24, 2.45) is 5.41 Å². The zero-order valence-corrected chi connectivity index (χ0v) is 14.6. The second-order valence-corrected chi connectivity index (χ2v) is 5.88. The molecule has 0 aliphatic heterocycles. The molecule has 1 aromatic carbocycles. The number of carbonyl (C=O) groups is 2. The Labute approximate surface area is 143 Å². The lowest BCUT2D eigenvalue weighted by molar-refractivity contribution is -0.153. The molecule has 0 atom stereocenters. The summed E-state index contributed by atoms with van der Waals surface area (Å²) in [7, 11) is 0. The number of ether oxygens (including phenoxy) is 2. The van der Waals surface area contributed by atoms with E-state index in [0.717, 1.165) is 0 Å². The molecule has 0 heterocycles. The van der Waals surface area contributed by atoms with E-state index in [1.165, 1.54) is 0 Å². The third-order valence-electron chi connectivity index (χ3n) is 3.54. The first-order chi connectivity index (χ1) is 11.4. The van der Waals surface area contributed by atoms with Gasteiger partial charge in [0.1, 0.15) is 19.0 Å². The number of anilines is 1. The molecule has 6 nitrogen and oxygen atoms in total. The maximum Gasteiger partial charge on any atom is 0.319 e. The fraction of sp³-hybridized carbons (Fsp3) is 0.444. The van der Waals surface area contributed by atoms with E-state index in [-0.39, 0.29) is 25.2 Å². The van der Waals surface area contributed by atoms with Crippen LogP contribution in [-0.2, 0) is 9.53 Å². The minimum absolute atomic E-state index is 0.143. The highest BCUT2D eigenvalue weighted by molar-refractivity contribution is 5.89.